The van der Waals surface area contributed by atoms with Crippen molar-refractivity contribution in [2.24, 2.45) is 0 Å². The fourth-order valence-electron chi connectivity index (χ4n) is 3.06. The monoisotopic (exact) mass is 308 g/mol. The van der Waals surface area contributed by atoms with Gasteiger partial charge in [-0.3, -0.25) is 0 Å². The molecule has 112 valence electrons. The second-order valence-electron chi connectivity index (χ2n) is 5.84. The lowest BCUT2D eigenvalue weighted by molar-refractivity contribution is -0.901. The molecule has 0 amide bonds. The van der Waals surface area contributed by atoms with Gasteiger partial charge in [-0.25, -0.2) is 4.79 Å². The molecule has 0 saturated carbocycles. The van der Waals surface area contributed by atoms with Gasteiger partial charge in [0.2, 0.25) is 0 Å². The van der Waals surface area contributed by atoms with E-state index in [0.717, 1.165) is 24.0 Å². The van der Waals surface area contributed by atoms with Crippen molar-refractivity contribution < 1.29 is 14.4 Å². The van der Waals surface area contributed by atoms with Crippen molar-refractivity contribution in [3.63, 3.8) is 0 Å². The second-order valence-corrected chi connectivity index (χ2v) is 6.24. The van der Waals surface area contributed by atoms with Gasteiger partial charge in [0.15, 0.2) is 5.58 Å². The summed E-state index contributed by atoms with van der Waals surface area (Å²) in [6, 6.07) is 1.68. The Balaban J connectivity index is 2.25. The third kappa shape index (κ3) is 2.43. The predicted octanol–water partition coefficient (Wildman–Crippen LogP) is 1.95. The molecule has 1 fully saturated rings. The van der Waals surface area contributed by atoms with Crippen molar-refractivity contribution in [3.05, 3.63) is 38.2 Å². The molecule has 21 heavy (non-hydrogen) atoms. The van der Waals surface area contributed by atoms with Gasteiger partial charge in [-0.15, -0.1) is 0 Å². The molecule has 5 heteroatoms. The van der Waals surface area contributed by atoms with Gasteiger partial charge in [0.1, 0.15) is 12.3 Å². The van der Waals surface area contributed by atoms with E-state index in [1.54, 1.807) is 13.0 Å². The molecule has 3 rings (SSSR count). The van der Waals surface area contributed by atoms with Gasteiger partial charge in [-0.05, 0) is 25.5 Å². The van der Waals surface area contributed by atoms with Crippen LogP contribution in [0.5, 0.6) is 5.75 Å². The zero-order valence-corrected chi connectivity index (χ0v) is 13.0. The number of rotatable bonds is 2. The SMILES string of the molecule is Cc1c(C)c2cc(Cl)c(O)c(C[NH+]3CCCC3)c2oc1=O. The Kier molecular flexibility index (Phi) is 3.68. The van der Waals surface area contributed by atoms with Gasteiger partial charge < -0.3 is 14.4 Å². The quantitative estimate of drug-likeness (QED) is 0.834. The summed E-state index contributed by atoms with van der Waals surface area (Å²) >= 11 is 6.16. The molecule has 1 aromatic heterocycles. The lowest BCUT2D eigenvalue weighted by Crippen LogP contribution is -3.08. The van der Waals surface area contributed by atoms with E-state index >= 15 is 0 Å². The van der Waals surface area contributed by atoms with Gasteiger partial charge >= 0.3 is 5.63 Å². The average Bonchev–Trinajstić information content (AvgIpc) is 2.96. The van der Waals surface area contributed by atoms with E-state index in [0.29, 0.717) is 28.3 Å². The molecular formula is C16H19ClNO3+. The number of aryl methyl sites for hydroxylation is 1. The minimum Gasteiger partial charge on any atom is -0.506 e. The van der Waals surface area contributed by atoms with Crippen LogP contribution >= 0.6 is 11.6 Å². The molecular weight excluding hydrogens is 290 g/mol. The molecule has 0 bridgehead atoms. The first kappa shape index (κ1) is 14.4. The van der Waals surface area contributed by atoms with Crippen LogP contribution in [0.15, 0.2) is 15.3 Å². The predicted molar refractivity (Wildman–Crippen MR) is 82.3 cm³/mol. The molecule has 0 atom stereocenters. The van der Waals surface area contributed by atoms with Crippen LogP contribution in [0.4, 0.5) is 0 Å². The van der Waals surface area contributed by atoms with E-state index in [2.05, 4.69) is 0 Å². The number of halogens is 1. The number of quaternary nitrogens is 1. The third-order valence-corrected chi connectivity index (χ3v) is 4.79. The van der Waals surface area contributed by atoms with Gasteiger partial charge in [0, 0.05) is 23.8 Å². The number of nitrogens with one attached hydrogen (secondary N) is 1. The number of fused-ring (bicyclic) bond motifs is 1. The summed E-state index contributed by atoms with van der Waals surface area (Å²) in [6.45, 7) is 6.40. The van der Waals surface area contributed by atoms with E-state index in [-0.39, 0.29) is 11.4 Å². The maximum absolute atomic E-state index is 12.0. The van der Waals surface area contributed by atoms with Gasteiger partial charge in [0.25, 0.3) is 0 Å². The van der Waals surface area contributed by atoms with Crippen molar-refractivity contribution in [2.75, 3.05) is 13.1 Å². The van der Waals surface area contributed by atoms with Crippen molar-refractivity contribution >= 4 is 22.6 Å². The summed E-state index contributed by atoms with van der Waals surface area (Å²) in [7, 11) is 0. The molecule has 1 aliphatic heterocycles. The van der Waals surface area contributed by atoms with Crippen molar-refractivity contribution in [2.45, 2.75) is 33.2 Å². The minimum atomic E-state index is -0.348. The van der Waals surface area contributed by atoms with Crippen LogP contribution < -0.4 is 10.5 Å². The third-order valence-electron chi connectivity index (χ3n) is 4.51. The summed E-state index contributed by atoms with van der Waals surface area (Å²) in [5, 5.41) is 11.4. The van der Waals surface area contributed by atoms with Gasteiger partial charge in [-0.1, -0.05) is 11.6 Å². The van der Waals surface area contributed by atoms with E-state index < -0.39 is 0 Å². The molecule has 1 aromatic carbocycles. The zero-order valence-electron chi connectivity index (χ0n) is 12.3. The Bertz CT molecular complexity index is 760. The minimum absolute atomic E-state index is 0.0370. The summed E-state index contributed by atoms with van der Waals surface area (Å²) < 4.78 is 5.46. The van der Waals surface area contributed by atoms with Crippen LogP contribution in [0.1, 0.15) is 29.5 Å². The fraction of sp³-hybridized carbons (Fsp3) is 0.438. The molecule has 0 radical (unpaired) electrons. The molecule has 2 N–H and O–H groups in total. The second kappa shape index (κ2) is 5.35. The summed E-state index contributed by atoms with van der Waals surface area (Å²) in [4.78, 5) is 13.3. The van der Waals surface area contributed by atoms with Crippen LogP contribution in [0.25, 0.3) is 11.0 Å². The first-order valence-electron chi connectivity index (χ1n) is 7.27. The van der Waals surface area contributed by atoms with Crippen molar-refractivity contribution in [1.82, 2.24) is 0 Å². The molecule has 0 aliphatic carbocycles. The largest absolute Gasteiger partial charge is 0.506 e. The topological polar surface area (TPSA) is 54.9 Å². The van der Waals surface area contributed by atoms with Crippen LogP contribution in [0, 0.1) is 13.8 Å². The Hall–Kier alpha value is -1.52. The Labute approximate surface area is 127 Å². The number of phenolic OH excluding ortho intramolecular Hbond substituents is 1. The highest BCUT2D eigenvalue weighted by atomic mass is 35.5. The average molecular weight is 309 g/mol. The lowest BCUT2D eigenvalue weighted by atomic mass is 10.0. The molecule has 4 nitrogen and oxygen atoms in total. The number of likely N-dealkylation sites (tertiary alicyclic amines) is 1. The van der Waals surface area contributed by atoms with Crippen molar-refractivity contribution in [3.8, 4) is 5.75 Å². The molecule has 2 heterocycles. The summed E-state index contributed by atoms with van der Waals surface area (Å²) in [6.07, 6.45) is 2.38. The lowest BCUT2D eigenvalue weighted by Gasteiger charge is -2.16. The van der Waals surface area contributed by atoms with Crippen LogP contribution in [-0.4, -0.2) is 18.2 Å². The zero-order chi connectivity index (χ0) is 15.1. The molecule has 2 aromatic rings. The maximum atomic E-state index is 12.0. The Morgan fingerprint density at radius 2 is 1.95 bits per heavy atom. The first-order valence-corrected chi connectivity index (χ1v) is 7.64. The van der Waals surface area contributed by atoms with Gasteiger partial charge in [0.05, 0.1) is 23.7 Å². The number of phenols is 1. The Morgan fingerprint density at radius 3 is 2.62 bits per heavy atom. The molecule has 1 aliphatic rings. The number of benzene rings is 1. The molecule has 0 unspecified atom stereocenters. The van der Waals surface area contributed by atoms with E-state index in [9.17, 15) is 9.90 Å². The van der Waals surface area contributed by atoms with E-state index in [1.165, 1.54) is 17.7 Å². The Morgan fingerprint density at radius 1 is 1.29 bits per heavy atom. The van der Waals surface area contributed by atoms with Crippen LogP contribution in [0.3, 0.4) is 0 Å². The highest BCUT2D eigenvalue weighted by Crippen LogP contribution is 2.35. The number of aromatic hydroxyl groups is 1. The molecule has 0 spiro atoms. The first-order chi connectivity index (χ1) is 9.99. The standard InChI is InChI=1S/C16H18ClNO3/c1-9-10(2)16(20)21-15-11(9)7-13(17)14(19)12(15)8-18-5-3-4-6-18/h7,19H,3-6,8H2,1-2H3/p+1. The van der Waals surface area contributed by atoms with Crippen molar-refractivity contribution in [1.29, 1.82) is 0 Å². The van der Waals surface area contributed by atoms with Crippen LogP contribution in [-0.2, 0) is 6.54 Å². The smallest absolute Gasteiger partial charge is 0.339 e. The number of hydrogen-bond acceptors (Lipinski definition) is 3. The summed E-state index contributed by atoms with van der Waals surface area (Å²) in [5.74, 6) is 0.0370. The van der Waals surface area contributed by atoms with Gasteiger partial charge in [-0.2, -0.15) is 0 Å². The summed E-state index contributed by atoms with van der Waals surface area (Å²) in [5.41, 5.74) is 2.22. The number of hydrogen-bond donors (Lipinski definition) is 2. The van der Waals surface area contributed by atoms with E-state index in [4.69, 9.17) is 16.0 Å². The maximum Gasteiger partial charge on any atom is 0.339 e. The van der Waals surface area contributed by atoms with Crippen LogP contribution in [0.2, 0.25) is 5.02 Å². The highest BCUT2D eigenvalue weighted by molar-refractivity contribution is 6.33. The van der Waals surface area contributed by atoms with E-state index in [1.807, 2.05) is 6.92 Å². The highest BCUT2D eigenvalue weighted by Gasteiger charge is 2.23. The fourth-order valence-corrected chi connectivity index (χ4v) is 3.28. The molecule has 1 saturated heterocycles. The normalized spacial score (nSPS) is 16.0.